The van der Waals surface area contributed by atoms with Crippen molar-refractivity contribution in [1.29, 1.82) is 0 Å². The molecule has 1 spiro atoms. The number of rotatable bonds is 3. The highest BCUT2D eigenvalue weighted by molar-refractivity contribution is 5.94. The molecule has 0 saturated carbocycles. The minimum Gasteiger partial charge on any atom is -0.371 e. The SMILES string of the molecule is Cc1ccc(C(=O)N2CCC[C@]23CO[C@@H](c2ccc(F)cc2)[C@H](C(C)C)C3)cn1. The van der Waals surface area contributed by atoms with Gasteiger partial charge >= 0.3 is 0 Å². The van der Waals surface area contributed by atoms with Crippen molar-refractivity contribution >= 4 is 5.91 Å². The molecule has 2 aliphatic rings. The number of hydrogen-bond donors (Lipinski definition) is 0. The molecule has 1 aromatic carbocycles. The molecule has 2 fully saturated rings. The van der Waals surface area contributed by atoms with Crippen LogP contribution in [0.1, 0.15) is 60.8 Å². The molecular weight excluding hydrogens is 367 g/mol. The van der Waals surface area contributed by atoms with Gasteiger partial charge in [0.15, 0.2) is 0 Å². The summed E-state index contributed by atoms with van der Waals surface area (Å²) < 4.78 is 19.8. The molecule has 0 N–H and O–H groups in total. The van der Waals surface area contributed by atoms with Crippen molar-refractivity contribution in [2.45, 2.75) is 51.7 Å². The first-order valence-corrected chi connectivity index (χ1v) is 10.5. The summed E-state index contributed by atoms with van der Waals surface area (Å²) in [6, 6.07) is 10.4. The summed E-state index contributed by atoms with van der Waals surface area (Å²) >= 11 is 0. The lowest BCUT2D eigenvalue weighted by molar-refractivity contribution is -0.112. The fourth-order valence-electron chi connectivity index (χ4n) is 4.92. The number of nitrogens with zero attached hydrogens (tertiary/aromatic N) is 2. The highest BCUT2D eigenvalue weighted by Gasteiger charge is 2.50. The van der Waals surface area contributed by atoms with Crippen LogP contribution in [0.4, 0.5) is 4.39 Å². The first kappa shape index (κ1) is 20.0. The van der Waals surface area contributed by atoms with E-state index in [9.17, 15) is 9.18 Å². The van der Waals surface area contributed by atoms with E-state index in [-0.39, 0.29) is 29.3 Å². The van der Waals surface area contributed by atoms with Gasteiger partial charge in [-0.05, 0) is 67.9 Å². The van der Waals surface area contributed by atoms with Gasteiger partial charge in [0, 0.05) is 18.4 Å². The largest absolute Gasteiger partial charge is 0.371 e. The number of likely N-dealkylation sites (tertiary alicyclic amines) is 1. The van der Waals surface area contributed by atoms with Crippen molar-refractivity contribution in [2.24, 2.45) is 11.8 Å². The summed E-state index contributed by atoms with van der Waals surface area (Å²) in [7, 11) is 0. The van der Waals surface area contributed by atoms with Gasteiger partial charge in [0.05, 0.1) is 23.8 Å². The maximum atomic E-state index is 13.4. The van der Waals surface area contributed by atoms with Crippen LogP contribution in [0, 0.1) is 24.6 Å². The van der Waals surface area contributed by atoms with Gasteiger partial charge in [-0.25, -0.2) is 4.39 Å². The van der Waals surface area contributed by atoms with Gasteiger partial charge in [-0.15, -0.1) is 0 Å². The molecule has 0 aliphatic carbocycles. The molecule has 2 aliphatic heterocycles. The van der Waals surface area contributed by atoms with Crippen LogP contribution >= 0.6 is 0 Å². The van der Waals surface area contributed by atoms with Gasteiger partial charge in [-0.3, -0.25) is 9.78 Å². The zero-order valence-electron chi connectivity index (χ0n) is 17.4. The molecule has 2 saturated heterocycles. The summed E-state index contributed by atoms with van der Waals surface area (Å²) in [5, 5.41) is 0. The topological polar surface area (TPSA) is 42.4 Å². The molecule has 4 rings (SSSR count). The number of carbonyl (C=O) groups is 1. The summed E-state index contributed by atoms with van der Waals surface area (Å²) in [6.07, 6.45) is 4.45. The molecule has 154 valence electrons. The van der Waals surface area contributed by atoms with E-state index in [4.69, 9.17) is 4.74 Å². The lowest BCUT2D eigenvalue weighted by Crippen LogP contribution is -2.55. The first-order valence-electron chi connectivity index (χ1n) is 10.5. The van der Waals surface area contributed by atoms with Crippen LogP contribution < -0.4 is 0 Å². The molecule has 1 aromatic heterocycles. The number of carbonyl (C=O) groups excluding carboxylic acids is 1. The van der Waals surface area contributed by atoms with Crippen molar-refractivity contribution in [3.8, 4) is 0 Å². The predicted octanol–water partition coefficient (Wildman–Crippen LogP) is 4.94. The zero-order valence-corrected chi connectivity index (χ0v) is 17.4. The van der Waals surface area contributed by atoms with Crippen molar-refractivity contribution in [3.63, 3.8) is 0 Å². The molecule has 3 heterocycles. The number of hydrogen-bond acceptors (Lipinski definition) is 3. The smallest absolute Gasteiger partial charge is 0.255 e. The molecule has 4 nitrogen and oxygen atoms in total. The van der Waals surface area contributed by atoms with Crippen molar-refractivity contribution in [1.82, 2.24) is 9.88 Å². The molecule has 0 bridgehead atoms. The van der Waals surface area contributed by atoms with Gasteiger partial charge in [0.2, 0.25) is 0 Å². The van der Waals surface area contributed by atoms with E-state index in [1.54, 1.807) is 6.20 Å². The molecule has 5 heteroatoms. The van der Waals surface area contributed by atoms with Crippen LogP contribution in [0.25, 0.3) is 0 Å². The van der Waals surface area contributed by atoms with Gasteiger partial charge in [0.1, 0.15) is 5.82 Å². The second-order valence-electron chi connectivity index (χ2n) is 8.87. The third-order valence-corrected chi connectivity index (χ3v) is 6.59. The molecule has 1 amide bonds. The van der Waals surface area contributed by atoms with E-state index in [0.717, 1.165) is 37.1 Å². The zero-order chi connectivity index (χ0) is 20.6. The summed E-state index contributed by atoms with van der Waals surface area (Å²) in [5.41, 5.74) is 2.28. The number of ether oxygens (including phenoxy) is 1. The van der Waals surface area contributed by atoms with E-state index in [1.807, 2.05) is 36.1 Å². The fraction of sp³-hybridized carbons (Fsp3) is 0.500. The van der Waals surface area contributed by atoms with E-state index in [0.29, 0.717) is 18.1 Å². The molecule has 29 heavy (non-hydrogen) atoms. The Kier molecular flexibility index (Phi) is 5.43. The standard InChI is InChI=1S/C24H29FN2O2/c1-16(2)21-13-24(15-29-22(21)18-7-9-20(25)10-8-18)11-4-12-27(24)23(28)19-6-5-17(3)26-14-19/h5-10,14,16,21-22H,4,11-13,15H2,1-3H3/t21-,22-,24-/m0/s1. The van der Waals surface area contributed by atoms with Crippen LogP contribution in [-0.2, 0) is 4.74 Å². The highest BCUT2D eigenvalue weighted by Crippen LogP contribution is 2.48. The van der Waals surface area contributed by atoms with Crippen molar-refractivity contribution in [3.05, 3.63) is 65.2 Å². The van der Waals surface area contributed by atoms with Gasteiger partial charge in [-0.1, -0.05) is 26.0 Å². The monoisotopic (exact) mass is 396 g/mol. The number of halogens is 1. The fourth-order valence-corrected chi connectivity index (χ4v) is 4.92. The third-order valence-electron chi connectivity index (χ3n) is 6.59. The number of pyridine rings is 1. The van der Waals surface area contributed by atoms with Gasteiger partial charge < -0.3 is 9.64 Å². The van der Waals surface area contributed by atoms with E-state index in [1.165, 1.54) is 12.1 Å². The predicted molar refractivity (Wildman–Crippen MR) is 110 cm³/mol. The molecule has 0 unspecified atom stereocenters. The quantitative estimate of drug-likeness (QED) is 0.738. The van der Waals surface area contributed by atoms with E-state index >= 15 is 0 Å². The third kappa shape index (κ3) is 3.80. The summed E-state index contributed by atoms with van der Waals surface area (Å²) in [4.78, 5) is 19.6. The van der Waals surface area contributed by atoms with Gasteiger partial charge in [0.25, 0.3) is 5.91 Å². The number of amides is 1. The Morgan fingerprint density at radius 1 is 1.24 bits per heavy atom. The Bertz CT molecular complexity index is 865. The average Bonchev–Trinajstić information content (AvgIpc) is 3.11. The summed E-state index contributed by atoms with van der Waals surface area (Å²) in [5.74, 6) is 0.460. The number of benzene rings is 1. The Balaban J connectivity index is 1.60. The second kappa shape index (κ2) is 7.86. The van der Waals surface area contributed by atoms with Crippen LogP contribution in [0.15, 0.2) is 42.6 Å². The Hall–Kier alpha value is -2.27. The minimum absolute atomic E-state index is 0.0429. The normalized spacial score (nSPS) is 27.0. The molecule has 0 radical (unpaired) electrons. The Labute approximate surface area is 172 Å². The minimum atomic E-state index is -0.270. The van der Waals surface area contributed by atoms with Crippen LogP contribution in [0.5, 0.6) is 0 Å². The maximum Gasteiger partial charge on any atom is 0.255 e. The lowest BCUT2D eigenvalue weighted by Gasteiger charge is -2.48. The van der Waals surface area contributed by atoms with Crippen LogP contribution in [0.2, 0.25) is 0 Å². The average molecular weight is 397 g/mol. The lowest BCUT2D eigenvalue weighted by atomic mass is 9.73. The number of aromatic nitrogens is 1. The Morgan fingerprint density at radius 2 is 2.00 bits per heavy atom. The first-order chi connectivity index (χ1) is 13.9. The van der Waals surface area contributed by atoms with E-state index < -0.39 is 0 Å². The Morgan fingerprint density at radius 3 is 2.66 bits per heavy atom. The summed E-state index contributed by atoms with van der Waals surface area (Å²) in [6.45, 7) is 7.60. The van der Waals surface area contributed by atoms with E-state index in [2.05, 4.69) is 18.8 Å². The van der Waals surface area contributed by atoms with Gasteiger partial charge in [-0.2, -0.15) is 0 Å². The maximum absolute atomic E-state index is 13.4. The highest BCUT2D eigenvalue weighted by atomic mass is 19.1. The molecule has 2 aromatic rings. The van der Waals surface area contributed by atoms with Crippen molar-refractivity contribution in [2.75, 3.05) is 13.2 Å². The van der Waals surface area contributed by atoms with Crippen molar-refractivity contribution < 1.29 is 13.9 Å². The molecular formula is C24H29FN2O2. The van der Waals surface area contributed by atoms with Crippen LogP contribution in [-0.4, -0.2) is 34.5 Å². The second-order valence-corrected chi connectivity index (χ2v) is 8.87. The molecule has 3 atom stereocenters. The van der Waals surface area contributed by atoms with Crippen LogP contribution in [0.3, 0.4) is 0 Å². The number of aryl methyl sites for hydroxylation is 1.